The van der Waals surface area contributed by atoms with Crippen molar-refractivity contribution in [2.75, 3.05) is 13.3 Å². The van der Waals surface area contributed by atoms with Crippen molar-refractivity contribution >= 4 is 13.2 Å². The Balaban J connectivity index is 2.96. The highest BCUT2D eigenvalue weighted by Gasteiger charge is 2.01. The van der Waals surface area contributed by atoms with E-state index in [1.165, 1.54) is 10.9 Å². The zero-order valence-electron chi connectivity index (χ0n) is 8.33. The molecule has 0 N–H and O–H groups in total. The monoisotopic (exact) mass is 180 g/mol. The highest BCUT2D eigenvalue weighted by molar-refractivity contribution is 7.64. The van der Waals surface area contributed by atoms with E-state index in [4.69, 9.17) is 0 Å². The lowest BCUT2D eigenvalue weighted by Gasteiger charge is -2.10. The summed E-state index contributed by atoms with van der Waals surface area (Å²) in [5.41, 5.74) is 1.46. The van der Waals surface area contributed by atoms with Crippen LogP contribution in [-0.2, 0) is 0 Å². The van der Waals surface area contributed by atoms with Crippen LogP contribution in [0.5, 0.6) is 0 Å². The van der Waals surface area contributed by atoms with Crippen LogP contribution in [0.2, 0.25) is 0 Å². The molecule has 0 fully saturated rings. The molecule has 12 heavy (non-hydrogen) atoms. The number of hydrogen-bond acceptors (Lipinski definition) is 0. The second-order valence-corrected chi connectivity index (χ2v) is 5.95. The van der Waals surface area contributed by atoms with E-state index in [0.717, 1.165) is 0 Å². The minimum absolute atomic E-state index is 0.0634. The Labute approximate surface area is 76.8 Å². The van der Waals surface area contributed by atoms with Gasteiger partial charge in [0.15, 0.2) is 0 Å². The molecule has 0 aliphatic carbocycles. The first kappa shape index (κ1) is 9.74. The van der Waals surface area contributed by atoms with Crippen molar-refractivity contribution in [2.24, 2.45) is 0 Å². The molecule has 0 saturated heterocycles. The van der Waals surface area contributed by atoms with E-state index in [9.17, 15) is 0 Å². The molecule has 0 bridgehead atoms. The van der Waals surface area contributed by atoms with Crippen LogP contribution in [0.25, 0.3) is 0 Å². The molecule has 0 saturated carbocycles. The van der Waals surface area contributed by atoms with Gasteiger partial charge in [-0.1, -0.05) is 46.0 Å². The van der Waals surface area contributed by atoms with E-state index in [2.05, 4.69) is 51.4 Å². The average molecular weight is 180 g/mol. The molecule has 0 aromatic heterocycles. The third-order valence-electron chi connectivity index (χ3n) is 2.05. The minimum atomic E-state index is 0.0634. The van der Waals surface area contributed by atoms with Crippen LogP contribution in [0.4, 0.5) is 0 Å². The van der Waals surface area contributed by atoms with Crippen molar-refractivity contribution in [3.8, 4) is 0 Å². The summed E-state index contributed by atoms with van der Waals surface area (Å²) in [6.45, 7) is 9.09. The van der Waals surface area contributed by atoms with Gasteiger partial charge < -0.3 is 0 Å². The van der Waals surface area contributed by atoms with Crippen molar-refractivity contribution < 1.29 is 0 Å². The molecule has 0 aliphatic rings. The van der Waals surface area contributed by atoms with E-state index in [1.807, 2.05) is 0 Å². The molecule has 0 amide bonds. The fourth-order valence-electron chi connectivity index (χ4n) is 1.16. The second kappa shape index (κ2) is 4.05. The van der Waals surface area contributed by atoms with Gasteiger partial charge >= 0.3 is 0 Å². The van der Waals surface area contributed by atoms with E-state index >= 15 is 0 Å². The Hall–Kier alpha value is -0.350. The van der Waals surface area contributed by atoms with E-state index in [1.54, 1.807) is 0 Å². The number of benzene rings is 1. The SMILES string of the molecule is CC(C)c1cccc(P(C)C)c1. The van der Waals surface area contributed by atoms with Gasteiger partial charge in [0, 0.05) is 0 Å². The number of hydrogen-bond donors (Lipinski definition) is 0. The fraction of sp³-hybridized carbons (Fsp3) is 0.455. The van der Waals surface area contributed by atoms with E-state index in [-0.39, 0.29) is 7.92 Å². The molecule has 0 aliphatic heterocycles. The Bertz CT molecular complexity index is 228. The summed E-state index contributed by atoms with van der Waals surface area (Å²) < 4.78 is 0. The maximum Gasteiger partial charge on any atom is -0.0219 e. The zero-order chi connectivity index (χ0) is 9.14. The third-order valence-corrected chi connectivity index (χ3v) is 3.36. The molecule has 1 aromatic rings. The van der Waals surface area contributed by atoms with Crippen LogP contribution in [-0.4, -0.2) is 13.3 Å². The van der Waals surface area contributed by atoms with Gasteiger partial charge in [0.1, 0.15) is 0 Å². The molecule has 0 spiro atoms. The summed E-state index contributed by atoms with van der Waals surface area (Å²) in [7, 11) is 0.0634. The summed E-state index contributed by atoms with van der Waals surface area (Å²) in [6, 6.07) is 8.97. The van der Waals surface area contributed by atoms with Gasteiger partial charge in [0.25, 0.3) is 0 Å². The quantitative estimate of drug-likeness (QED) is 0.613. The van der Waals surface area contributed by atoms with Crippen LogP contribution >= 0.6 is 7.92 Å². The maximum absolute atomic E-state index is 2.34. The Morgan fingerprint density at radius 2 is 1.83 bits per heavy atom. The van der Waals surface area contributed by atoms with Gasteiger partial charge in [-0.3, -0.25) is 0 Å². The van der Waals surface area contributed by atoms with Crippen LogP contribution in [0, 0.1) is 0 Å². The zero-order valence-corrected chi connectivity index (χ0v) is 9.23. The van der Waals surface area contributed by atoms with Gasteiger partial charge in [-0.05, 0) is 30.1 Å². The van der Waals surface area contributed by atoms with Crippen LogP contribution < -0.4 is 5.30 Å². The van der Waals surface area contributed by atoms with Crippen LogP contribution in [0.1, 0.15) is 25.3 Å². The van der Waals surface area contributed by atoms with E-state index < -0.39 is 0 Å². The topological polar surface area (TPSA) is 0 Å². The third kappa shape index (κ3) is 2.32. The molecule has 0 heterocycles. The molecule has 1 aromatic carbocycles. The molecule has 0 nitrogen and oxygen atoms in total. The number of rotatable bonds is 2. The second-order valence-electron chi connectivity index (χ2n) is 3.64. The van der Waals surface area contributed by atoms with Gasteiger partial charge in [0.05, 0.1) is 0 Å². The van der Waals surface area contributed by atoms with Crippen molar-refractivity contribution in [3.63, 3.8) is 0 Å². The summed E-state index contributed by atoms with van der Waals surface area (Å²) in [5, 5.41) is 1.51. The van der Waals surface area contributed by atoms with Gasteiger partial charge in [-0.2, -0.15) is 0 Å². The lowest BCUT2D eigenvalue weighted by molar-refractivity contribution is 0.868. The van der Waals surface area contributed by atoms with Crippen molar-refractivity contribution in [1.82, 2.24) is 0 Å². The van der Waals surface area contributed by atoms with Crippen LogP contribution in [0.3, 0.4) is 0 Å². The summed E-state index contributed by atoms with van der Waals surface area (Å²) in [5.74, 6) is 0.653. The smallest absolute Gasteiger partial charge is 0.0219 e. The first-order valence-corrected chi connectivity index (χ1v) is 6.62. The molecule has 1 rings (SSSR count). The molecule has 0 radical (unpaired) electrons. The van der Waals surface area contributed by atoms with Gasteiger partial charge in [-0.25, -0.2) is 0 Å². The Kier molecular flexibility index (Phi) is 3.29. The Morgan fingerprint density at radius 3 is 2.33 bits per heavy atom. The molecule has 66 valence electrons. The standard InChI is InChI=1S/C11H17P/c1-9(2)10-6-5-7-11(8-10)12(3)4/h5-9H,1-4H3. The maximum atomic E-state index is 2.34. The average Bonchev–Trinajstić information content (AvgIpc) is 2.04. The van der Waals surface area contributed by atoms with E-state index in [0.29, 0.717) is 5.92 Å². The molecular formula is C11H17P. The molecule has 1 heteroatoms. The minimum Gasteiger partial charge on any atom is -0.0817 e. The van der Waals surface area contributed by atoms with Crippen molar-refractivity contribution in [3.05, 3.63) is 29.8 Å². The van der Waals surface area contributed by atoms with Crippen molar-refractivity contribution in [1.29, 1.82) is 0 Å². The fourth-order valence-corrected chi connectivity index (χ4v) is 1.95. The first-order valence-electron chi connectivity index (χ1n) is 4.38. The van der Waals surface area contributed by atoms with Crippen molar-refractivity contribution in [2.45, 2.75) is 19.8 Å². The summed E-state index contributed by atoms with van der Waals surface area (Å²) in [6.07, 6.45) is 0. The molecular weight excluding hydrogens is 163 g/mol. The lowest BCUT2D eigenvalue weighted by Crippen LogP contribution is -2.01. The summed E-state index contributed by atoms with van der Waals surface area (Å²) in [4.78, 5) is 0. The first-order chi connectivity index (χ1) is 5.61. The highest BCUT2D eigenvalue weighted by atomic mass is 31.1. The molecule has 0 unspecified atom stereocenters. The Morgan fingerprint density at radius 1 is 1.17 bits per heavy atom. The van der Waals surface area contributed by atoms with Gasteiger partial charge in [-0.15, -0.1) is 0 Å². The van der Waals surface area contributed by atoms with Gasteiger partial charge in [0.2, 0.25) is 0 Å². The largest absolute Gasteiger partial charge is 0.0817 e. The highest BCUT2D eigenvalue weighted by Crippen LogP contribution is 2.25. The lowest BCUT2D eigenvalue weighted by atomic mass is 10.0. The predicted molar refractivity (Wildman–Crippen MR) is 58.9 cm³/mol. The normalized spacial score (nSPS) is 11.2. The summed E-state index contributed by atoms with van der Waals surface area (Å²) >= 11 is 0. The predicted octanol–water partition coefficient (Wildman–Crippen LogP) is 3.18. The molecule has 0 atom stereocenters. The van der Waals surface area contributed by atoms with Crippen LogP contribution in [0.15, 0.2) is 24.3 Å².